The zero-order chi connectivity index (χ0) is 24.8. The Morgan fingerprint density at radius 2 is 1.69 bits per heavy atom. The number of rotatable bonds is 10. The van der Waals surface area contributed by atoms with Crippen LogP contribution in [0.25, 0.3) is 11.1 Å². The standard InChI is InChI=1S/C27H32N2O6/c1-34-27(25(31)32)14-16-29(18-27)24(30)13-3-2-8-15-28-26(33)35-17-23-21-11-6-4-9-19(21)20-10-5-7-12-22(20)23/h4-7,9-12,23H,2-3,8,13-18H2,1H3,(H,28,33)(H,31,32). The Hall–Kier alpha value is -3.39. The molecule has 2 amide bonds. The predicted molar refractivity (Wildman–Crippen MR) is 130 cm³/mol. The molecule has 1 heterocycles. The first-order chi connectivity index (χ1) is 16.9. The number of hydrogen-bond donors (Lipinski definition) is 2. The molecule has 0 saturated carbocycles. The lowest BCUT2D eigenvalue weighted by Gasteiger charge is -2.23. The van der Waals surface area contributed by atoms with Crippen LogP contribution in [0.3, 0.4) is 0 Å². The summed E-state index contributed by atoms with van der Waals surface area (Å²) in [5.74, 6) is -1.06. The quantitative estimate of drug-likeness (QED) is 0.502. The molecule has 1 fully saturated rings. The predicted octanol–water partition coefficient (Wildman–Crippen LogP) is 3.79. The van der Waals surface area contributed by atoms with E-state index in [2.05, 4.69) is 29.6 Å². The maximum Gasteiger partial charge on any atom is 0.407 e. The monoisotopic (exact) mass is 480 g/mol. The minimum Gasteiger partial charge on any atom is -0.479 e. The van der Waals surface area contributed by atoms with E-state index in [0.29, 0.717) is 32.4 Å². The third kappa shape index (κ3) is 5.32. The summed E-state index contributed by atoms with van der Waals surface area (Å²) >= 11 is 0. The van der Waals surface area contributed by atoms with Gasteiger partial charge in [-0.2, -0.15) is 0 Å². The highest BCUT2D eigenvalue weighted by Gasteiger charge is 2.46. The summed E-state index contributed by atoms with van der Waals surface area (Å²) < 4.78 is 10.7. The molecule has 1 aliphatic heterocycles. The number of nitrogens with zero attached hydrogens (tertiary/aromatic N) is 1. The summed E-state index contributed by atoms with van der Waals surface area (Å²) in [6.45, 7) is 1.23. The molecule has 2 aliphatic rings. The van der Waals surface area contributed by atoms with Crippen molar-refractivity contribution < 1.29 is 29.0 Å². The third-order valence-electron chi connectivity index (χ3n) is 7.05. The minimum absolute atomic E-state index is 0.0303. The van der Waals surface area contributed by atoms with E-state index in [0.717, 1.165) is 12.8 Å². The molecule has 1 aliphatic carbocycles. The normalized spacial score (nSPS) is 18.7. The molecular formula is C27H32N2O6. The second kappa shape index (κ2) is 10.9. The van der Waals surface area contributed by atoms with E-state index < -0.39 is 17.7 Å². The van der Waals surface area contributed by atoms with Gasteiger partial charge in [0.2, 0.25) is 5.91 Å². The van der Waals surface area contributed by atoms with E-state index in [-0.39, 0.29) is 25.0 Å². The number of unbranched alkanes of at least 4 members (excludes halogenated alkanes) is 2. The number of benzene rings is 2. The molecule has 35 heavy (non-hydrogen) atoms. The number of hydrogen-bond acceptors (Lipinski definition) is 5. The fourth-order valence-electron chi connectivity index (χ4n) is 5.00. The number of aliphatic carboxylic acids is 1. The van der Waals surface area contributed by atoms with E-state index in [9.17, 15) is 19.5 Å². The van der Waals surface area contributed by atoms with Gasteiger partial charge in [0.25, 0.3) is 0 Å². The second-order valence-electron chi connectivity index (χ2n) is 9.13. The molecule has 1 saturated heterocycles. The van der Waals surface area contributed by atoms with Gasteiger partial charge in [0.05, 0.1) is 6.54 Å². The maximum absolute atomic E-state index is 12.4. The summed E-state index contributed by atoms with van der Waals surface area (Å²) in [5.41, 5.74) is 3.45. The Morgan fingerprint density at radius 3 is 2.29 bits per heavy atom. The molecule has 186 valence electrons. The lowest BCUT2D eigenvalue weighted by molar-refractivity contribution is -0.161. The van der Waals surface area contributed by atoms with Gasteiger partial charge in [0, 0.05) is 39.0 Å². The molecule has 2 N–H and O–H groups in total. The summed E-state index contributed by atoms with van der Waals surface area (Å²) in [6.07, 6.45) is 2.39. The molecule has 0 aromatic heterocycles. The third-order valence-corrected chi connectivity index (χ3v) is 7.05. The lowest BCUT2D eigenvalue weighted by atomic mass is 9.98. The van der Waals surface area contributed by atoms with Gasteiger partial charge in [-0.15, -0.1) is 0 Å². The molecule has 2 aromatic carbocycles. The average molecular weight is 481 g/mol. The van der Waals surface area contributed by atoms with Crippen LogP contribution in [0.1, 0.15) is 49.1 Å². The van der Waals surface area contributed by atoms with Gasteiger partial charge in [0.15, 0.2) is 5.60 Å². The van der Waals surface area contributed by atoms with E-state index in [1.165, 1.54) is 29.4 Å². The first-order valence-electron chi connectivity index (χ1n) is 12.1. The number of amides is 2. The zero-order valence-electron chi connectivity index (χ0n) is 20.0. The molecule has 8 heteroatoms. The van der Waals surface area contributed by atoms with Crippen molar-refractivity contribution in [3.63, 3.8) is 0 Å². The molecule has 8 nitrogen and oxygen atoms in total. The van der Waals surface area contributed by atoms with Gasteiger partial charge in [0.1, 0.15) is 6.61 Å². The van der Waals surface area contributed by atoms with E-state index >= 15 is 0 Å². The van der Waals surface area contributed by atoms with Crippen LogP contribution in [0.4, 0.5) is 4.79 Å². The Kier molecular flexibility index (Phi) is 7.70. The van der Waals surface area contributed by atoms with Crippen LogP contribution < -0.4 is 5.32 Å². The number of ether oxygens (including phenoxy) is 2. The van der Waals surface area contributed by atoms with Crippen molar-refractivity contribution in [1.82, 2.24) is 10.2 Å². The number of nitrogens with one attached hydrogen (secondary N) is 1. The van der Waals surface area contributed by atoms with Crippen molar-refractivity contribution in [2.24, 2.45) is 0 Å². The Morgan fingerprint density at radius 1 is 1.03 bits per heavy atom. The highest BCUT2D eigenvalue weighted by atomic mass is 16.5. The van der Waals surface area contributed by atoms with E-state index in [1.807, 2.05) is 24.3 Å². The Balaban J connectivity index is 1.13. The molecule has 0 radical (unpaired) electrons. The summed E-state index contributed by atoms with van der Waals surface area (Å²) in [5, 5.41) is 12.2. The maximum atomic E-state index is 12.4. The molecule has 2 aromatic rings. The molecular weight excluding hydrogens is 448 g/mol. The van der Waals surface area contributed by atoms with Crippen molar-refractivity contribution in [2.75, 3.05) is 33.4 Å². The smallest absolute Gasteiger partial charge is 0.407 e. The fraction of sp³-hybridized carbons (Fsp3) is 0.444. The Bertz CT molecular complexity index is 1040. The van der Waals surface area contributed by atoms with Crippen LogP contribution in [0.2, 0.25) is 0 Å². The fourth-order valence-corrected chi connectivity index (χ4v) is 5.00. The zero-order valence-corrected chi connectivity index (χ0v) is 20.0. The molecule has 0 bridgehead atoms. The number of carbonyl (C=O) groups is 3. The minimum atomic E-state index is -1.29. The topological polar surface area (TPSA) is 105 Å². The van der Waals surface area contributed by atoms with Gasteiger partial charge in [-0.05, 0) is 35.1 Å². The van der Waals surface area contributed by atoms with Crippen LogP contribution in [-0.2, 0) is 19.1 Å². The average Bonchev–Trinajstić information content (AvgIpc) is 3.46. The second-order valence-corrected chi connectivity index (χ2v) is 9.13. The van der Waals surface area contributed by atoms with Crippen molar-refractivity contribution in [3.8, 4) is 11.1 Å². The number of likely N-dealkylation sites (tertiary alicyclic amines) is 1. The summed E-state index contributed by atoms with van der Waals surface area (Å²) in [7, 11) is 1.37. The van der Waals surface area contributed by atoms with Gasteiger partial charge < -0.3 is 24.8 Å². The molecule has 1 unspecified atom stereocenters. The number of carboxylic acids is 1. The summed E-state index contributed by atoms with van der Waals surface area (Å²) in [6, 6.07) is 16.4. The first kappa shape index (κ1) is 24.7. The van der Waals surface area contributed by atoms with Gasteiger partial charge in [-0.25, -0.2) is 9.59 Å². The number of methoxy groups -OCH3 is 1. The van der Waals surface area contributed by atoms with E-state index in [4.69, 9.17) is 9.47 Å². The van der Waals surface area contributed by atoms with E-state index in [1.54, 1.807) is 4.90 Å². The van der Waals surface area contributed by atoms with Crippen LogP contribution >= 0.6 is 0 Å². The first-order valence-corrected chi connectivity index (χ1v) is 12.1. The van der Waals surface area contributed by atoms with Crippen molar-refractivity contribution in [1.29, 1.82) is 0 Å². The molecule has 0 spiro atoms. The van der Waals surface area contributed by atoms with Crippen LogP contribution in [0.5, 0.6) is 0 Å². The molecule has 4 rings (SSSR count). The largest absolute Gasteiger partial charge is 0.479 e. The Labute approximate surface area is 205 Å². The van der Waals surface area contributed by atoms with Gasteiger partial charge in [-0.3, -0.25) is 4.79 Å². The molecule has 1 atom stereocenters. The van der Waals surface area contributed by atoms with Gasteiger partial charge in [-0.1, -0.05) is 55.0 Å². The lowest BCUT2D eigenvalue weighted by Crippen LogP contribution is -2.44. The summed E-state index contributed by atoms with van der Waals surface area (Å²) in [4.78, 5) is 37.6. The van der Waals surface area contributed by atoms with Crippen molar-refractivity contribution >= 4 is 18.0 Å². The van der Waals surface area contributed by atoms with Crippen molar-refractivity contribution in [3.05, 3.63) is 59.7 Å². The number of fused-ring (bicyclic) bond motifs is 3. The number of carboxylic acid groups (broad SMARTS) is 1. The highest BCUT2D eigenvalue weighted by molar-refractivity contribution is 5.82. The number of alkyl carbamates (subject to hydrolysis) is 1. The van der Waals surface area contributed by atoms with Crippen molar-refractivity contribution in [2.45, 2.75) is 43.6 Å². The SMILES string of the molecule is COC1(C(=O)O)CCN(C(=O)CCCCCNC(=O)OCC2c3ccccc3-c3ccccc32)C1. The van der Waals surface area contributed by atoms with Crippen LogP contribution in [0, 0.1) is 0 Å². The van der Waals surface area contributed by atoms with Crippen LogP contribution in [-0.4, -0.2) is 66.9 Å². The number of carbonyl (C=O) groups excluding carboxylic acids is 2. The van der Waals surface area contributed by atoms with Crippen LogP contribution in [0.15, 0.2) is 48.5 Å². The van der Waals surface area contributed by atoms with Gasteiger partial charge >= 0.3 is 12.1 Å². The highest BCUT2D eigenvalue weighted by Crippen LogP contribution is 2.44.